The fourth-order valence-electron chi connectivity index (χ4n) is 2.75. The maximum Gasteiger partial charge on any atom is 0.0859 e. The summed E-state index contributed by atoms with van der Waals surface area (Å²) in [6.07, 6.45) is 0.0456. The van der Waals surface area contributed by atoms with E-state index in [-0.39, 0.29) is 6.10 Å². The monoisotopic (exact) mass is 272 g/mol. The molecule has 2 nitrogen and oxygen atoms in total. The third kappa shape index (κ3) is 3.38. The average molecular weight is 272 g/mol. The number of aliphatic hydroxyl groups is 1. The van der Waals surface area contributed by atoms with Gasteiger partial charge in [-0.1, -0.05) is 56.3 Å². The normalized spacial score (nSPS) is 14.7. The molecular formula is C18H24O2. The van der Waals surface area contributed by atoms with E-state index < -0.39 is 6.10 Å². The quantitative estimate of drug-likeness (QED) is 0.866. The van der Waals surface area contributed by atoms with Crippen LogP contribution in [0.1, 0.15) is 26.3 Å². The van der Waals surface area contributed by atoms with Crippen molar-refractivity contribution in [3.63, 3.8) is 0 Å². The van der Waals surface area contributed by atoms with Crippen LogP contribution in [0.5, 0.6) is 0 Å². The first-order chi connectivity index (χ1) is 9.63. The molecule has 0 spiro atoms. The van der Waals surface area contributed by atoms with Crippen LogP contribution in [0.3, 0.4) is 0 Å². The number of hydrogen-bond donors (Lipinski definition) is 1. The number of hydrogen-bond acceptors (Lipinski definition) is 2. The minimum Gasteiger partial charge on any atom is -0.390 e. The summed E-state index contributed by atoms with van der Waals surface area (Å²) < 4.78 is 5.70. The van der Waals surface area contributed by atoms with E-state index in [4.69, 9.17) is 4.74 Å². The zero-order valence-corrected chi connectivity index (χ0v) is 12.5. The topological polar surface area (TPSA) is 29.5 Å². The van der Waals surface area contributed by atoms with Crippen LogP contribution < -0.4 is 0 Å². The number of rotatable bonds is 6. The summed E-state index contributed by atoms with van der Waals surface area (Å²) in [6.45, 7) is 6.79. The van der Waals surface area contributed by atoms with Gasteiger partial charge in [-0.15, -0.1) is 0 Å². The molecule has 2 rings (SSSR count). The standard InChI is InChI=1S/C18H24O2/c1-4-20-18(13(2)3)17(19)12-15-10-7-9-14-8-5-6-11-16(14)15/h5-11,13,17-19H,4,12H2,1-3H3. The van der Waals surface area contributed by atoms with E-state index in [1.165, 1.54) is 16.3 Å². The van der Waals surface area contributed by atoms with Gasteiger partial charge in [-0.25, -0.2) is 0 Å². The Bertz CT molecular complexity index is 543. The molecular weight excluding hydrogens is 248 g/mol. The van der Waals surface area contributed by atoms with Crippen molar-refractivity contribution in [1.29, 1.82) is 0 Å². The molecule has 0 radical (unpaired) electrons. The van der Waals surface area contributed by atoms with E-state index in [2.05, 4.69) is 44.2 Å². The Kier molecular flexibility index (Phi) is 5.16. The van der Waals surface area contributed by atoms with Gasteiger partial charge in [0, 0.05) is 13.0 Å². The van der Waals surface area contributed by atoms with Crippen molar-refractivity contribution in [1.82, 2.24) is 0 Å². The molecule has 1 N–H and O–H groups in total. The van der Waals surface area contributed by atoms with E-state index in [9.17, 15) is 5.11 Å². The minimum atomic E-state index is -0.472. The highest BCUT2D eigenvalue weighted by molar-refractivity contribution is 5.85. The molecule has 20 heavy (non-hydrogen) atoms. The Morgan fingerprint density at radius 2 is 1.75 bits per heavy atom. The highest BCUT2D eigenvalue weighted by Crippen LogP contribution is 2.22. The van der Waals surface area contributed by atoms with E-state index in [0.717, 1.165) is 0 Å². The van der Waals surface area contributed by atoms with Crippen LogP contribution in [0.15, 0.2) is 42.5 Å². The lowest BCUT2D eigenvalue weighted by Gasteiger charge is -2.26. The second-order valence-electron chi connectivity index (χ2n) is 5.57. The van der Waals surface area contributed by atoms with Crippen molar-refractivity contribution in [3.05, 3.63) is 48.0 Å². The highest BCUT2D eigenvalue weighted by Gasteiger charge is 2.23. The van der Waals surface area contributed by atoms with E-state index in [0.29, 0.717) is 18.9 Å². The number of benzene rings is 2. The summed E-state index contributed by atoms with van der Waals surface area (Å²) in [5.74, 6) is 0.305. The Hall–Kier alpha value is -1.38. The van der Waals surface area contributed by atoms with Crippen LogP contribution >= 0.6 is 0 Å². The van der Waals surface area contributed by atoms with Gasteiger partial charge in [-0.3, -0.25) is 0 Å². The van der Waals surface area contributed by atoms with E-state index >= 15 is 0 Å². The fraction of sp³-hybridized carbons (Fsp3) is 0.444. The molecule has 0 saturated heterocycles. The van der Waals surface area contributed by atoms with Gasteiger partial charge in [-0.2, -0.15) is 0 Å². The van der Waals surface area contributed by atoms with Crippen LogP contribution in [0.2, 0.25) is 0 Å². The molecule has 2 unspecified atom stereocenters. The van der Waals surface area contributed by atoms with Crippen LogP contribution in [0.25, 0.3) is 10.8 Å². The van der Waals surface area contributed by atoms with Gasteiger partial charge >= 0.3 is 0 Å². The van der Waals surface area contributed by atoms with Gasteiger partial charge in [0.15, 0.2) is 0 Å². The molecule has 0 saturated carbocycles. The first kappa shape index (κ1) is 15.0. The summed E-state index contributed by atoms with van der Waals surface area (Å²) in [6, 6.07) is 14.6. The van der Waals surface area contributed by atoms with Crippen LogP contribution in [-0.2, 0) is 11.2 Å². The van der Waals surface area contributed by atoms with Gasteiger partial charge < -0.3 is 9.84 Å². The van der Waals surface area contributed by atoms with Crippen LogP contribution in [-0.4, -0.2) is 23.9 Å². The van der Waals surface area contributed by atoms with Crippen molar-refractivity contribution < 1.29 is 9.84 Å². The molecule has 0 aliphatic heterocycles. The van der Waals surface area contributed by atoms with Crippen molar-refractivity contribution in [2.24, 2.45) is 5.92 Å². The summed E-state index contributed by atoms with van der Waals surface area (Å²) >= 11 is 0. The van der Waals surface area contributed by atoms with Crippen LogP contribution in [0, 0.1) is 5.92 Å². The van der Waals surface area contributed by atoms with E-state index in [1.54, 1.807) is 0 Å². The smallest absolute Gasteiger partial charge is 0.0859 e. The zero-order chi connectivity index (χ0) is 14.5. The summed E-state index contributed by atoms with van der Waals surface area (Å²) in [4.78, 5) is 0. The summed E-state index contributed by atoms with van der Waals surface area (Å²) in [7, 11) is 0. The lowest BCUT2D eigenvalue weighted by molar-refractivity contribution is -0.0561. The first-order valence-corrected chi connectivity index (χ1v) is 7.39. The van der Waals surface area contributed by atoms with Crippen molar-refractivity contribution >= 4 is 10.8 Å². The second kappa shape index (κ2) is 6.87. The molecule has 0 bridgehead atoms. The first-order valence-electron chi connectivity index (χ1n) is 7.39. The molecule has 2 aromatic carbocycles. The summed E-state index contributed by atoms with van der Waals surface area (Å²) in [5, 5.41) is 12.9. The molecule has 0 amide bonds. The van der Waals surface area contributed by atoms with Crippen LogP contribution in [0.4, 0.5) is 0 Å². The average Bonchev–Trinajstić information content (AvgIpc) is 2.44. The maximum atomic E-state index is 10.5. The molecule has 2 atom stereocenters. The van der Waals surface area contributed by atoms with Gasteiger partial charge in [0.1, 0.15) is 0 Å². The van der Waals surface area contributed by atoms with Gasteiger partial charge in [0.05, 0.1) is 12.2 Å². The Balaban J connectivity index is 2.22. The zero-order valence-electron chi connectivity index (χ0n) is 12.5. The van der Waals surface area contributed by atoms with Crippen molar-refractivity contribution in [3.8, 4) is 0 Å². The Morgan fingerprint density at radius 3 is 2.45 bits per heavy atom. The SMILES string of the molecule is CCOC(C(C)C)C(O)Cc1cccc2ccccc12. The lowest BCUT2D eigenvalue weighted by atomic mass is 9.93. The molecule has 0 fully saturated rings. The number of aliphatic hydroxyl groups excluding tert-OH is 1. The fourth-order valence-corrected chi connectivity index (χ4v) is 2.75. The Labute approximate surface area is 121 Å². The summed E-state index contributed by atoms with van der Waals surface area (Å²) in [5.41, 5.74) is 1.18. The highest BCUT2D eigenvalue weighted by atomic mass is 16.5. The molecule has 2 aromatic rings. The lowest BCUT2D eigenvalue weighted by Crippen LogP contribution is -2.35. The molecule has 108 valence electrons. The maximum absolute atomic E-state index is 10.5. The van der Waals surface area contributed by atoms with Gasteiger partial charge in [-0.05, 0) is 29.2 Å². The second-order valence-corrected chi connectivity index (χ2v) is 5.57. The minimum absolute atomic E-state index is 0.112. The molecule has 0 heterocycles. The molecule has 0 aliphatic carbocycles. The van der Waals surface area contributed by atoms with E-state index in [1.807, 2.05) is 19.1 Å². The predicted octanol–water partition coefficient (Wildman–Crippen LogP) is 3.80. The molecule has 0 aromatic heterocycles. The molecule has 2 heteroatoms. The van der Waals surface area contributed by atoms with Crippen molar-refractivity contribution in [2.75, 3.05) is 6.61 Å². The van der Waals surface area contributed by atoms with Gasteiger partial charge in [0.25, 0.3) is 0 Å². The van der Waals surface area contributed by atoms with Gasteiger partial charge in [0.2, 0.25) is 0 Å². The predicted molar refractivity (Wildman–Crippen MR) is 83.9 cm³/mol. The third-order valence-corrected chi connectivity index (χ3v) is 3.70. The third-order valence-electron chi connectivity index (χ3n) is 3.70. The largest absolute Gasteiger partial charge is 0.390 e. The van der Waals surface area contributed by atoms with Crippen molar-refractivity contribution in [2.45, 2.75) is 39.4 Å². The number of fused-ring (bicyclic) bond motifs is 1. The molecule has 0 aliphatic rings. The Morgan fingerprint density at radius 1 is 1.05 bits per heavy atom. The number of ether oxygens (including phenoxy) is 1.